The zero-order chi connectivity index (χ0) is 34.6. The van der Waals surface area contributed by atoms with Gasteiger partial charge in [-0.2, -0.15) is 0 Å². The first-order valence-electron chi connectivity index (χ1n) is 17.4. The molecule has 0 bridgehead atoms. The zero-order valence-corrected chi connectivity index (χ0v) is 29.8. The molecule has 3 N–H and O–H groups in total. The van der Waals surface area contributed by atoms with Crippen molar-refractivity contribution < 1.29 is 29.3 Å². The van der Waals surface area contributed by atoms with Gasteiger partial charge in [0.25, 0.3) is 5.91 Å². The molecule has 2 aliphatic carbocycles. The van der Waals surface area contributed by atoms with E-state index in [0.29, 0.717) is 63.1 Å². The van der Waals surface area contributed by atoms with Gasteiger partial charge >= 0.3 is 0 Å². The highest BCUT2D eigenvalue weighted by Gasteiger charge is 2.47. The normalized spacial score (nSPS) is 15.4. The number of halogens is 1. The molecular formula is C38H48ClN3O6S. The molecule has 0 aliphatic heterocycles. The quantitative estimate of drug-likeness (QED) is 0.0846. The van der Waals surface area contributed by atoms with Gasteiger partial charge in [0.05, 0.1) is 18.3 Å². The van der Waals surface area contributed by atoms with Gasteiger partial charge in [0.15, 0.2) is 0 Å². The number of pyridine rings is 1. The second-order valence-corrected chi connectivity index (χ2v) is 14.4. The van der Waals surface area contributed by atoms with Crippen LogP contribution in [0.3, 0.4) is 0 Å². The molecule has 3 aromatic rings. The summed E-state index contributed by atoms with van der Waals surface area (Å²) >= 11 is 8.35. The number of ether oxygens (including phenoxy) is 2. The van der Waals surface area contributed by atoms with Crippen LogP contribution in [-0.4, -0.2) is 76.1 Å². The number of benzene rings is 2. The number of unbranched alkanes of at least 4 members (excludes halogenated alkanes) is 1. The summed E-state index contributed by atoms with van der Waals surface area (Å²) in [5.41, 5.74) is 3.70. The van der Waals surface area contributed by atoms with Crippen molar-refractivity contribution in [2.24, 2.45) is 0 Å². The molecule has 2 fully saturated rings. The van der Waals surface area contributed by atoms with Crippen molar-refractivity contribution >= 4 is 35.2 Å². The predicted octanol–water partition coefficient (Wildman–Crippen LogP) is 6.51. The average Bonchev–Trinajstić information content (AvgIpc) is 4.05. The second kappa shape index (κ2) is 18.2. The zero-order valence-electron chi connectivity index (χ0n) is 28.2. The monoisotopic (exact) mass is 709 g/mol. The van der Waals surface area contributed by atoms with Gasteiger partial charge in [0.2, 0.25) is 5.91 Å². The number of aliphatic hydroxyl groups is 2. The van der Waals surface area contributed by atoms with E-state index in [9.17, 15) is 14.7 Å². The van der Waals surface area contributed by atoms with Crippen molar-refractivity contribution in [3.63, 3.8) is 0 Å². The van der Waals surface area contributed by atoms with Crippen molar-refractivity contribution in [2.45, 2.75) is 94.0 Å². The Kier molecular flexibility index (Phi) is 13.8. The van der Waals surface area contributed by atoms with Crippen LogP contribution in [0.1, 0.15) is 75.8 Å². The van der Waals surface area contributed by atoms with E-state index in [1.165, 1.54) is 6.92 Å². The van der Waals surface area contributed by atoms with Gasteiger partial charge in [-0.3, -0.25) is 14.6 Å². The molecule has 11 heteroatoms. The molecule has 9 nitrogen and oxygen atoms in total. The Balaban J connectivity index is 1.17. The number of aliphatic hydroxyl groups excluding tert-OH is 2. The van der Waals surface area contributed by atoms with Crippen LogP contribution in [0, 0.1) is 0 Å². The van der Waals surface area contributed by atoms with E-state index in [1.807, 2.05) is 48.8 Å². The summed E-state index contributed by atoms with van der Waals surface area (Å²) < 4.78 is 12.9. The number of amides is 2. The van der Waals surface area contributed by atoms with Crippen molar-refractivity contribution in [3.05, 3.63) is 77.1 Å². The number of hydrogen-bond donors (Lipinski definition) is 3. The fourth-order valence-electron chi connectivity index (χ4n) is 5.82. The molecule has 0 radical (unpaired) electrons. The molecular weight excluding hydrogens is 662 g/mol. The van der Waals surface area contributed by atoms with Crippen LogP contribution in [0.5, 0.6) is 5.75 Å². The Morgan fingerprint density at radius 2 is 1.88 bits per heavy atom. The standard InChI is InChI=1S/C38H48ClN3O6S/c1-27(44)41-18-6-20-42(37(46)35(45)9-4-5-22-43)21-7-23-49-30-13-14-34(39)28(24-30)26-47-38(16-17-38)33-25-40-19-15-31(33)32-8-2-3-10-36(32)48-29-11-12-29/h2-3,8,10,13-15,19,24-25,29,35,43,45H,4-7,9,11-12,16-18,20-23,26H2,1H3,(H,41,44). The molecule has 5 rings (SSSR count). The van der Waals surface area contributed by atoms with E-state index in [2.05, 4.69) is 22.4 Å². The highest BCUT2D eigenvalue weighted by molar-refractivity contribution is 7.99. The van der Waals surface area contributed by atoms with E-state index < -0.39 is 11.7 Å². The van der Waals surface area contributed by atoms with Crippen LogP contribution in [0.25, 0.3) is 11.1 Å². The highest BCUT2D eigenvalue weighted by atomic mass is 35.5. The SMILES string of the molecule is CC(=O)NCCCN(CCCSc1ccc(Cl)c(COC2(c3cnccc3-c3ccccc3OC3CC3)CC2)c1)C(=O)C(O)CCCCO. The smallest absolute Gasteiger partial charge is 0.251 e. The number of thioether (sulfide) groups is 1. The van der Waals surface area contributed by atoms with Gasteiger partial charge in [-0.15, -0.1) is 11.8 Å². The summed E-state index contributed by atoms with van der Waals surface area (Å²) in [5.74, 6) is 1.25. The number of carbonyl (C=O) groups is 2. The first-order valence-corrected chi connectivity index (χ1v) is 18.7. The number of hydrogen-bond acceptors (Lipinski definition) is 8. The summed E-state index contributed by atoms with van der Waals surface area (Å²) in [4.78, 5) is 31.5. The Bertz CT molecular complexity index is 1550. The average molecular weight is 710 g/mol. The second-order valence-electron chi connectivity index (χ2n) is 12.9. The number of rotatable bonds is 21. The van der Waals surface area contributed by atoms with Crippen molar-refractivity contribution in [3.8, 4) is 16.9 Å². The van der Waals surface area contributed by atoms with Crippen LogP contribution in [0.15, 0.2) is 65.8 Å². The maximum Gasteiger partial charge on any atom is 0.251 e. The topological polar surface area (TPSA) is 121 Å². The van der Waals surface area contributed by atoms with Gasteiger partial charge in [0, 0.05) is 66.6 Å². The van der Waals surface area contributed by atoms with Crippen molar-refractivity contribution in [1.29, 1.82) is 0 Å². The number of aromatic nitrogens is 1. The van der Waals surface area contributed by atoms with Crippen LogP contribution < -0.4 is 10.1 Å². The van der Waals surface area contributed by atoms with E-state index in [4.69, 9.17) is 26.2 Å². The van der Waals surface area contributed by atoms with Crippen molar-refractivity contribution in [2.75, 3.05) is 32.0 Å². The van der Waals surface area contributed by atoms with Gasteiger partial charge < -0.3 is 29.9 Å². The van der Waals surface area contributed by atoms with Crippen LogP contribution in [-0.2, 0) is 26.5 Å². The summed E-state index contributed by atoms with van der Waals surface area (Å²) in [7, 11) is 0. The molecule has 2 amide bonds. The molecule has 0 saturated heterocycles. The molecule has 2 saturated carbocycles. The fourth-order valence-corrected chi connectivity index (χ4v) is 6.89. The van der Waals surface area contributed by atoms with E-state index in [1.54, 1.807) is 16.7 Å². The minimum absolute atomic E-state index is 0.0363. The van der Waals surface area contributed by atoms with Gasteiger partial charge in [-0.1, -0.05) is 29.8 Å². The lowest BCUT2D eigenvalue weighted by molar-refractivity contribution is -0.140. The van der Waals surface area contributed by atoms with E-state index in [0.717, 1.165) is 70.8 Å². The fraction of sp³-hybridized carbons (Fsp3) is 0.500. The van der Waals surface area contributed by atoms with Crippen molar-refractivity contribution in [1.82, 2.24) is 15.2 Å². The molecule has 1 heterocycles. The maximum absolute atomic E-state index is 13.0. The molecule has 1 atom stereocenters. The molecule has 1 aromatic heterocycles. The predicted molar refractivity (Wildman–Crippen MR) is 193 cm³/mol. The molecule has 2 aliphatic rings. The van der Waals surface area contributed by atoms with Gasteiger partial charge in [0.1, 0.15) is 11.9 Å². The third kappa shape index (κ3) is 10.9. The number of nitrogens with one attached hydrogen (secondary N) is 1. The number of para-hydroxylation sites is 1. The summed E-state index contributed by atoms with van der Waals surface area (Å²) in [6.45, 7) is 3.28. The first-order chi connectivity index (χ1) is 23.8. The molecule has 264 valence electrons. The third-order valence-electron chi connectivity index (χ3n) is 8.83. The molecule has 0 spiro atoms. The minimum atomic E-state index is -1.10. The molecule has 1 unspecified atom stereocenters. The summed E-state index contributed by atoms with van der Waals surface area (Å²) in [6.07, 6.45) is 9.72. The lowest BCUT2D eigenvalue weighted by Crippen LogP contribution is -2.41. The summed E-state index contributed by atoms with van der Waals surface area (Å²) in [5, 5.41) is 22.9. The Hall–Kier alpha value is -3.15. The summed E-state index contributed by atoms with van der Waals surface area (Å²) in [6, 6.07) is 16.2. The minimum Gasteiger partial charge on any atom is -0.490 e. The molecule has 2 aromatic carbocycles. The van der Waals surface area contributed by atoms with Gasteiger partial charge in [-0.25, -0.2) is 0 Å². The molecule has 49 heavy (non-hydrogen) atoms. The Morgan fingerprint density at radius 1 is 1.08 bits per heavy atom. The van der Waals surface area contributed by atoms with E-state index in [-0.39, 0.29) is 18.4 Å². The number of nitrogens with zero attached hydrogens (tertiary/aromatic N) is 2. The number of carbonyl (C=O) groups excluding carboxylic acids is 2. The van der Waals surface area contributed by atoms with E-state index >= 15 is 0 Å². The Morgan fingerprint density at radius 3 is 2.63 bits per heavy atom. The largest absolute Gasteiger partial charge is 0.490 e. The van der Waals surface area contributed by atoms with Crippen LogP contribution in [0.4, 0.5) is 0 Å². The van der Waals surface area contributed by atoms with Crippen LogP contribution in [0.2, 0.25) is 5.02 Å². The highest BCUT2D eigenvalue weighted by Crippen LogP contribution is 2.53. The first kappa shape index (κ1) is 37.1. The maximum atomic E-state index is 13.0. The Labute approximate surface area is 298 Å². The lowest BCUT2D eigenvalue weighted by Gasteiger charge is -2.25. The lowest BCUT2D eigenvalue weighted by atomic mass is 9.96. The third-order valence-corrected chi connectivity index (χ3v) is 10.3. The van der Waals surface area contributed by atoms with Gasteiger partial charge in [-0.05, 0) is 105 Å². The van der Waals surface area contributed by atoms with Crippen LogP contribution >= 0.6 is 23.4 Å².